The predicted octanol–water partition coefficient (Wildman–Crippen LogP) is 1.70. The molecule has 1 amide bonds. The molecular formula is C13H19FN2O3S. The Morgan fingerprint density at radius 1 is 1.35 bits per heavy atom. The lowest BCUT2D eigenvalue weighted by molar-refractivity contribution is 0.0952. The van der Waals surface area contributed by atoms with Gasteiger partial charge in [0.2, 0.25) is 10.0 Å². The number of halogens is 1. The first-order chi connectivity index (χ1) is 9.27. The molecule has 0 radical (unpaired) electrons. The first-order valence-electron chi connectivity index (χ1n) is 6.38. The number of carbonyl (C=O) groups is 1. The molecule has 0 aliphatic heterocycles. The number of hydrogen-bond donors (Lipinski definition) is 2. The summed E-state index contributed by atoms with van der Waals surface area (Å²) >= 11 is 0. The van der Waals surface area contributed by atoms with Crippen LogP contribution in [0.5, 0.6) is 0 Å². The van der Waals surface area contributed by atoms with Crippen LogP contribution in [0.25, 0.3) is 0 Å². The Labute approximate surface area is 118 Å². The number of amides is 1. The molecule has 7 heteroatoms. The van der Waals surface area contributed by atoms with E-state index in [-0.39, 0.29) is 16.0 Å². The number of unbranched alkanes of at least 4 members (excludes halogenated alkanes) is 2. The summed E-state index contributed by atoms with van der Waals surface area (Å²) < 4.78 is 36.4. The molecule has 0 atom stereocenters. The van der Waals surface area contributed by atoms with Crippen molar-refractivity contribution >= 4 is 15.9 Å². The second-order valence-corrected chi connectivity index (χ2v) is 6.12. The molecule has 0 unspecified atom stereocenters. The maximum atomic E-state index is 13.7. The van der Waals surface area contributed by atoms with Crippen molar-refractivity contribution in [3.8, 4) is 0 Å². The van der Waals surface area contributed by atoms with Crippen LogP contribution in [0.15, 0.2) is 17.0 Å². The third-order valence-electron chi connectivity index (χ3n) is 2.93. The Morgan fingerprint density at radius 3 is 2.55 bits per heavy atom. The van der Waals surface area contributed by atoms with Gasteiger partial charge in [-0.3, -0.25) is 4.79 Å². The summed E-state index contributed by atoms with van der Waals surface area (Å²) in [5.74, 6) is -1.28. The van der Waals surface area contributed by atoms with E-state index in [2.05, 4.69) is 5.32 Å². The van der Waals surface area contributed by atoms with E-state index >= 15 is 0 Å². The molecule has 1 aromatic rings. The minimum absolute atomic E-state index is 0.0476. The molecule has 1 aromatic carbocycles. The zero-order chi connectivity index (χ0) is 15.3. The summed E-state index contributed by atoms with van der Waals surface area (Å²) in [4.78, 5) is 11.5. The van der Waals surface area contributed by atoms with E-state index in [0.717, 1.165) is 31.4 Å². The number of rotatable bonds is 6. The van der Waals surface area contributed by atoms with Crippen LogP contribution in [0.4, 0.5) is 4.39 Å². The highest BCUT2D eigenvalue weighted by atomic mass is 32.2. The first kappa shape index (κ1) is 16.6. The lowest BCUT2D eigenvalue weighted by Crippen LogP contribution is -2.25. The van der Waals surface area contributed by atoms with E-state index in [1.807, 2.05) is 6.92 Å². The first-order valence-corrected chi connectivity index (χ1v) is 7.93. The standard InChI is InChI=1S/C13H19FN2O3S/c1-3-4-5-6-16-13(17)10-7-11(14)9(2)12(8-10)20(15,18)19/h7-8H,3-6H2,1-2H3,(H,16,17)(H2,15,18,19). The van der Waals surface area contributed by atoms with Gasteiger partial charge in [0.25, 0.3) is 5.91 Å². The Hall–Kier alpha value is -1.47. The zero-order valence-electron chi connectivity index (χ0n) is 11.6. The average Bonchev–Trinajstić information content (AvgIpc) is 2.36. The number of carbonyl (C=O) groups excluding carboxylic acids is 1. The minimum Gasteiger partial charge on any atom is -0.352 e. The smallest absolute Gasteiger partial charge is 0.251 e. The quantitative estimate of drug-likeness (QED) is 0.784. The van der Waals surface area contributed by atoms with Gasteiger partial charge in [0.15, 0.2) is 0 Å². The number of benzene rings is 1. The van der Waals surface area contributed by atoms with E-state index in [0.29, 0.717) is 6.54 Å². The van der Waals surface area contributed by atoms with Gasteiger partial charge in [0.1, 0.15) is 5.82 Å². The van der Waals surface area contributed by atoms with Crippen molar-refractivity contribution in [2.45, 2.75) is 38.0 Å². The van der Waals surface area contributed by atoms with Gasteiger partial charge in [0.05, 0.1) is 4.90 Å². The molecule has 5 nitrogen and oxygen atoms in total. The Bertz CT molecular complexity index is 600. The number of hydrogen-bond acceptors (Lipinski definition) is 3. The summed E-state index contributed by atoms with van der Waals surface area (Å²) in [5.41, 5.74) is -0.136. The maximum Gasteiger partial charge on any atom is 0.251 e. The molecular weight excluding hydrogens is 283 g/mol. The van der Waals surface area contributed by atoms with Crippen molar-refractivity contribution in [3.63, 3.8) is 0 Å². The van der Waals surface area contributed by atoms with Crippen LogP contribution in [0.2, 0.25) is 0 Å². The zero-order valence-corrected chi connectivity index (χ0v) is 12.4. The topological polar surface area (TPSA) is 89.3 Å². The van der Waals surface area contributed by atoms with Gasteiger partial charge in [-0.2, -0.15) is 0 Å². The van der Waals surface area contributed by atoms with Crippen LogP contribution in [0, 0.1) is 12.7 Å². The normalized spacial score (nSPS) is 11.4. The highest BCUT2D eigenvalue weighted by Crippen LogP contribution is 2.19. The molecule has 3 N–H and O–H groups in total. The van der Waals surface area contributed by atoms with Crippen LogP contribution in [0.3, 0.4) is 0 Å². The molecule has 0 saturated carbocycles. The fourth-order valence-corrected chi connectivity index (χ4v) is 2.57. The maximum absolute atomic E-state index is 13.7. The van der Waals surface area contributed by atoms with Gasteiger partial charge in [-0.15, -0.1) is 0 Å². The van der Waals surface area contributed by atoms with Gasteiger partial charge < -0.3 is 5.32 Å². The van der Waals surface area contributed by atoms with Crippen molar-refractivity contribution in [3.05, 3.63) is 29.1 Å². The van der Waals surface area contributed by atoms with Crippen LogP contribution < -0.4 is 10.5 Å². The van der Waals surface area contributed by atoms with Gasteiger partial charge in [-0.1, -0.05) is 19.8 Å². The van der Waals surface area contributed by atoms with Crippen molar-refractivity contribution < 1.29 is 17.6 Å². The Morgan fingerprint density at radius 2 is 2.00 bits per heavy atom. The van der Waals surface area contributed by atoms with Gasteiger partial charge in [-0.05, 0) is 25.5 Å². The highest BCUT2D eigenvalue weighted by Gasteiger charge is 2.18. The fourth-order valence-electron chi connectivity index (χ4n) is 1.76. The second-order valence-electron chi connectivity index (χ2n) is 4.59. The lowest BCUT2D eigenvalue weighted by Gasteiger charge is -2.09. The van der Waals surface area contributed by atoms with Crippen LogP contribution in [-0.4, -0.2) is 20.9 Å². The summed E-state index contributed by atoms with van der Waals surface area (Å²) in [6.45, 7) is 3.81. The van der Waals surface area contributed by atoms with E-state index in [9.17, 15) is 17.6 Å². The Kier molecular flexibility index (Phi) is 5.64. The molecule has 112 valence electrons. The molecule has 0 saturated heterocycles. The van der Waals surface area contributed by atoms with Gasteiger partial charge >= 0.3 is 0 Å². The number of sulfonamides is 1. The number of nitrogens with one attached hydrogen (secondary N) is 1. The van der Waals surface area contributed by atoms with Crippen LogP contribution in [-0.2, 0) is 10.0 Å². The monoisotopic (exact) mass is 302 g/mol. The van der Waals surface area contributed by atoms with Crippen LogP contribution >= 0.6 is 0 Å². The molecule has 1 rings (SSSR count). The third-order valence-corrected chi connectivity index (χ3v) is 3.97. The van der Waals surface area contributed by atoms with Crippen molar-refractivity contribution in [1.29, 1.82) is 0 Å². The molecule has 0 aliphatic carbocycles. The fraction of sp³-hybridized carbons (Fsp3) is 0.462. The molecule has 0 aliphatic rings. The number of primary sulfonamides is 1. The molecule has 0 fully saturated rings. The van der Waals surface area contributed by atoms with Crippen LogP contribution in [0.1, 0.15) is 42.1 Å². The summed E-state index contributed by atoms with van der Waals surface area (Å²) in [7, 11) is -4.06. The molecule has 0 spiro atoms. The van der Waals surface area contributed by atoms with Gasteiger partial charge in [-0.25, -0.2) is 17.9 Å². The Balaban J connectivity index is 2.97. The number of nitrogens with two attached hydrogens (primary N) is 1. The van der Waals surface area contributed by atoms with Crippen molar-refractivity contribution in [2.75, 3.05) is 6.54 Å². The predicted molar refractivity (Wildman–Crippen MR) is 74.4 cm³/mol. The second kappa shape index (κ2) is 6.81. The molecule has 0 bridgehead atoms. The van der Waals surface area contributed by atoms with E-state index in [1.54, 1.807) is 0 Å². The summed E-state index contributed by atoms with van der Waals surface area (Å²) in [6, 6.07) is 2.11. The summed E-state index contributed by atoms with van der Waals surface area (Å²) in [6.07, 6.45) is 2.81. The molecule has 0 aromatic heterocycles. The SMILES string of the molecule is CCCCCNC(=O)c1cc(F)c(C)c(S(N)(=O)=O)c1. The lowest BCUT2D eigenvalue weighted by atomic mass is 10.1. The highest BCUT2D eigenvalue weighted by molar-refractivity contribution is 7.89. The largest absolute Gasteiger partial charge is 0.352 e. The molecule has 20 heavy (non-hydrogen) atoms. The van der Waals surface area contributed by atoms with Crippen molar-refractivity contribution in [1.82, 2.24) is 5.32 Å². The van der Waals surface area contributed by atoms with E-state index in [4.69, 9.17) is 5.14 Å². The van der Waals surface area contributed by atoms with E-state index in [1.165, 1.54) is 6.92 Å². The minimum atomic E-state index is -4.06. The average molecular weight is 302 g/mol. The third kappa shape index (κ3) is 4.28. The summed E-state index contributed by atoms with van der Waals surface area (Å²) in [5, 5.41) is 7.63. The van der Waals surface area contributed by atoms with E-state index < -0.39 is 21.7 Å². The van der Waals surface area contributed by atoms with Crippen molar-refractivity contribution in [2.24, 2.45) is 5.14 Å². The molecule has 0 heterocycles. The van der Waals surface area contributed by atoms with Gasteiger partial charge in [0, 0.05) is 17.7 Å².